The Morgan fingerprint density at radius 1 is 0.949 bits per heavy atom. The lowest BCUT2D eigenvalue weighted by atomic mass is 9.72. The minimum atomic E-state index is -0.777. The van der Waals surface area contributed by atoms with Gasteiger partial charge in [-0.3, -0.25) is 9.59 Å². The number of thiophene rings is 1. The normalized spacial score (nSPS) is 14.7. The number of likely N-dealkylation sites (tertiary alicyclic amines) is 1. The van der Waals surface area contributed by atoms with Crippen LogP contribution in [0.5, 0.6) is 5.75 Å². The molecule has 0 atom stereocenters. The van der Waals surface area contributed by atoms with E-state index in [1.54, 1.807) is 0 Å². The molecule has 0 bridgehead atoms. The first-order valence-electron chi connectivity index (χ1n) is 12.8. The zero-order valence-corrected chi connectivity index (χ0v) is 22.9. The highest BCUT2D eigenvalue weighted by Crippen LogP contribution is 2.43. The van der Waals surface area contributed by atoms with E-state index in [1.807, 2.05) is 89.8 Å². The summed E-state index contributed by atoms with van der Waals surface area (Å²) in [5.41, 5.74) is 8.70. The van der Waals surface area contributed by atoms with Gasteiger partial charge in [0.2, 0.25) is 5.91 Å². The molecular weight excluding hydrogens is 532 g/mol. The van der Waals surface area contributed by atoms with Gasteiger partial charge < -0.3 is 20.5 Å². The standard InChI is InChI=1S/C31H29ClN2O4S/c32-26-9-5-4-8-24(26)28-25(21-10-12-23(13-11-21)38-19-18-35)20-27(39-28)29(36)34-16-14-31(15-17-34,30(33)37)22-6-2-1-3-7-22/h1-13,20,35H,14-19H2,(H2,33,37). The second kappa shape index (κ2) is 11.6. The Labute approximate surface area is 236 Å². The molecule has 3 N–H and O–H groups in total. The first kappa shape index (κ1) is 26.9. The first-order valence-corrected chi connectivity index (χ1v) is 14.0. The van der Waals surface area contributed by atoms with E-state index in [2.05, 4.69) is 0 Å². The molecule has 1 saturated heterocycles. The molecule has 4 aromatic rings. The van der Waals surface area contributed by atoms with Gasteiger partial charge in [0.25, 0.3) is 5.91 Å². The molecule has 1 aromatic heterocycles. The average Bonchev–Trinajstić information content (AvgIpc) is 3.42. The van der Waals surface area contributed by atoms with Gasteiger partial charge in [-0.05, 0) is 48.2 Å². The average molecular weight is 561 g/mol. The van der Waals surface area contributed by atoms with Crippen LogP contribution in [0.3, 0.4) is 0 Å². The molecule has 200 valence electrons. The van der Waals surface area contributed by atoms with Gasteiger partial charge in [0.05, 0.1) is 16.9 Å². The van der Waals surface area contributed by atoms with Crippen molar-refractivity contribution in [1.82, 2.24) is 4.90 Å². The van der Waals surface area contributed by atoms with E-state index in [4.69, 9.17) is 27.2 Å². The van der Waals surface area contributed by atoms with Crippen molar-refractivity contribution in [2.24, 2.45) is 5.73 Å². The molecule has 39 heavy (non-hydrogen) atoms. The second-order valence-electron chi connectivity index (χ2n) is 9.53. The third-order valence-electron chi connectivity index (χ3n) is 7.29. The number of rotatable bonds is 8. The molecule has 8 heteroatoms. The van der Waals surface area contributed by atoms with Crippen LogP contribution in [0, 0.1) is 0 Å². The number of nitrogens with zero attached hydrogens (tertiary/aromatic N) is 1. The van der Waals surface area contributed by atoms with E-state index in [0.29, 0.717) is 41.6 Å². The van der Waals surface area contributed by atoms with Crippen molar-refractivity contribution in [1.29, 1.82) is 0 Å². The summed E-state index contributed by atoms with van der Waals surface area (Å²) in [5, 5.41) is 9.64. The van der Waals surface area contributed by atoms with Gasteiger partial charge in [-0.15, -0.1) is 11.3 Å². The number of piperidine rings is 1. The van der Waals surface area contributed by atoms with Crippen molar-refractivity contribution in [3.05, 3.63) is 100 Å². The summed E-state index contributed by atoms with van der Waals surface area (Å²) in [4.78, 5) is 29.6. The summed E-state index contributed by atoms with van der Waals surface area (Å²) in [6, 6.07) is 26.7. The number of carbonyl (C=O) groups excluding carboxylic acids is 2. The Morgan fingerprint density at radius 3 is 2.26 bits per heavy atom. The Bertz CT molecular complexity index is 1460. The van der Waals surface area contributed by atoms with Crippen molar-refractivity contribution in [3.8, 4) is 27.3 Å². The molecule has 0 saturated carbocycles. The number of ether oxygens (including phenoxy) is 1. The van der Waals surface area contributed by atoms with E-state index in [-0.39, 0.29) is 25.0 Å². The SMILES string of the molecule is NC(=O)C1(c2ccccc2)CCN(C(=O)c2cc(-c3ccc(OCCO)cc3)c(-c3ccccc3Cl)s2)CC1. The summed E-state index contributed by atoms with van der Waals surface area (Å²) in [5.74, 6) is 0.225. The number of aliphatic hydroxyl groups is 1. The largest absolute Gasteiger partial charge is 0.491 e. The Morgan fingerprint density at radius 2 is 1.62 bits per heavy atom. The summed E-state index contributed by atoms with van der Waals surface area (Å²) in [6.45, 7) is 1.03. The predicted octanol–water partition coefficient (Wildman–Crippen LogP) is 5.77. The number of primary amides is 1. The van der Waals surface area contributed by atoms with Crippen molar-refractivity contribution in [2.45, 2.75) is 18.3 Å². The van der Waals surface area contributed by atoms with Crippen LogP contribution in [0.2, 0.25) is 5.02 Å². The maximum absolute atomic E-state index is 13.7. The molecule has 3 aromatic carbocycles. The van der Waals surface area contributed by atoms with Crippen molar-refractivity contribution < 1.29 is 19.4 Å². The van der Waals surface area contributed by atoms with Gasteiger partial charge in [-0.2, -0.15) is 0 Å². The van der Waals surface area contributed by atoms with Crippen LogP contribution in [0.1, 0.15) is 28.1 Å². The molecule has 2 amide bonds. The summed E-state index contributed by atoms with van der Waals surface area (Å²) in [6.07, 6.45) is 0.950. The first-order chi connectivity index (χ1) is 18.9. The Balaban J connectivity index is 1.44. The van der Waals surface area contributed by atoms with Gasteiger partial charge in [0.15, 0.2) is 0 Å². The number of benzene rings is 3. The summed E-state index contributed by atoms with van der Waals surface area (Å²) >= 11 is 7.99. The van der Waals surface area contributed by atoms with E-state index in [0.717, 1.165) is 27.1 Å². The lowest BCUT2D eigenvalue weighted by molar-refractivity contribution is -0.125. The Kier molecular flexibility index (Phi) is 8.02. The highest BCUT2D eigenvalue weighted by Gasteiger charge is 2.42. The lowest BCUT2D eigenvalue weighted by Gasteiger charge is -2.40. The number of carbonyl (C=O) groups is 2. The van der Waals surface area contributed by atoms with Gasteiger partial charge in [-0.25, -0.2) is 0 Å². The molecule has 0 unspecified atom stereocenters. The number of aliphatic hydroxyl groups excluding tert-OH is 1. The fraction of sp³-hybridized carbons (Fsp3) is 0.226. The number of amides is 2. The number of nitrogens with two attached hydrogens (primary N) is 1. The highest BCUT2D eigenvalue weighted by atomic mass is 35.5. The van der Waals surface area contributed by atoms with Crippen LogP contribution < -0.4 is 10.5 Å². The number of halogens is 1. The molecule has 0 aliphatic carbocycles. The molecule has 1 aliphatic rings. The predicted molar refractivity (Wildman–Crippen MR) is 155 cm³/mol. The molecule has 6 nitrogen and oxygen atoms in total. The second-order valence-corrected chi connectivity index (χ2v) is 11.0. The quantitative estimate of drug-likeness (QED) is 0.286. The third kappa shape index (κ3) is 5.43. The minimum Gasteiger partial charge on any atom is -0.491 e. The number of hydrogen-bond acceptors (Lipinski definition) is 5. The molecule has 1 aliphatic heterocycles. The van der Waals surface area contributed by atoms with Crippen molar-refractivity contribution in [3.63, 3.8) is 0 Å². The zero-order valence-electron chi connectivity index (χ0n) is 21.3. The monoisotopic (exact) mass is 560 g/mol. The fourth-order valence-electron chi connectivity index (χ4n) is 5.13. The smallest absolute Gasteiger partial charge is 0.263 e. The van der Waals surface area contributed by atoms with E-state index in [9.17, 15) is 9.59 Å². The van der Waals surface area contributed by atoms with E-state index < -0.39 is 5.41 Å². The molecule has 0 radical (unpaired) electrons. The Hall–Kier alpha value is -3.65. The minimum absolute atomic E-state index is 0.0587. The van der Waals surface area contributed by atoms with Crippen LogP contribution in [0.15, 0.2) is 84.9 Å². The maximum atomic E-state index is 13.7. The molecule has 5 rings (SSSR count). The van der Waals surface area contributed by atoms with Gasteiger partial charge in [0, 0.05) is 34.1 Å². The van der Waals surface area contributed by atoms with Crippen LogP contribution in [0.4, 0.5) is 0 Å². The van der Waals surface area contributed by atoms with Crippen LogP contribution >= 0.6 is 22.9 Å². The van der Waals surface area contributed by atoms with E-state index >= 15 is 0 Å². The van der Waals surface area contributed by atoms with Gasteiger partial charge in [0.1, 0.15) is 12.4 Å². The molecule has 0 spiro atoms. The maximum Gasteiger partial charge on any atom is 0.263 e. The van der Waals surface area contributed by atoms with Crippen molar-refractivity contribution >= 4 is 34.8 Å². The lowest BCUT2D eigenvalue weighted by Crippen LogP contribution is -2.51. The summed E-state index contributed by atoms with van der Waals surface area (Å²) in [7, 11) is 0. The molecular formula is C31H29ClN2O4S. The van der Waals surface area contributed by atoms with Crippen molar-refractivity contribution in [2.75, 3.05) is 26.3 Å². The summed E-state index contributed by atoms with van der Waals surface area (Å²) < 4.78 is 5.51. The zero-order chi connectivity index (χ0) is 27.4. The van der Waals surface area contributed by atoms with Gasteiger partial charge in [-0.1, -0.05) is 72.3 Å². The molecule has 1 fully saturated rings. The van der Waals surface area contributed by atoms with E-state index in [1.165, 1.54) is 11.3 Å². The topological polar surface area (TPSA) is 92.9 Å². The van der Waals surface area contributed by atoms with Crippen LogP contribution in [-0.2, 0) is 10.2 Å². The third-order valence-corrected chi connectivity index (χ3v) is 8.77. The van der Waals surface area contributed by atoms with Gasteiger partial charge >= 0.3 is 0 Å². The van der Waals surface area contributed by atoms with Crippen LogP contribution in [-0.4, -0.2) is 48.1 Å². The fourth-order valence-corrected chi connectivity index (χ4v) is 6.61. The van der Waals surface area contributed by atoms with Crippen LogP contribution in [0.25, 0.3) is 21.6 Å². The molecule has 2 heterocycles. The highest BCUT2D eigenvalue weighted by molar-refractivity contribution is 7.18. The number of hydrogen-bond donors (Lipinski definition) is 2.